The molecule has 2 atom stereocenters. The standard InChI is InChI=1S/C41H45ClN10O7S/c1-49(60(3)58)31-12-5-4-10-28(31)45-37-27(42)24-43-41(48-37)46-29-15-14-25(23-33(29)59-2)51-21-19-50(20-22-51)18-7-6-13-34(53)44-30-11-8-9-26-36(30)40(57)52(39(26)56)32-16-17-35(54)47-38(32)55/h4-5,8-12,14-15,23-24,32H,6-7,13,16-22H2,1-3H3,(H,44,53)(H,47,54,55)(H2,43,45,46,48). The second-order valence-corrected chi connectivity index (χ2v) is 16.3. The average molecular weight is 857 g/mol. The number of fused-ring (bicyclic) bond motifs is 1. The number of anilines is 7. The summed E-state index contributed by atoms with van der Waals surface area (Å²) in [5.41, 5.74) is 3.48. The maximum absolute atomic E-state index is 13.4. The van der Waals surface area contributed by atoms with Crippen molar-refractivity contribution in [3.05, 3.63) is 83.0 Å². The van der Waals surface area contributed by atoms with E-state index in [1.807, 2.05) is 42.5 Å². The smallest absolute Gasteiger partial charge is 0.264 e. The molecule has 0 spiro atoms. The number of carbonyl (C=O) groups excluding carboxylic acids is 5. The number of ether oxygens (including phenoxy) is 1. The first kappa shape index (κ1) is 42.0. The maximum atomic E-state index is 13.4. The van der Waals surface area contributed by atoms with Gasteiger partial charge in [0.1, 0.15) is 27.8 Å². The molecule has 0 aliphatic carbocycles. The highest BCUT2D eigenvalue weighted by Gasteiger charge is 2.45. The van der Waals surface area contributed by atoms with Crippen molar-refractivity contribution in [3.8, 4) is 5.75 Å². The lowest BCUT2D eigenvalue weighted by atomic mass is 10.0. The summed E-state index contributed by atoms with van der Waals surface area (Å²) in [6.45, 7) is 4.10. The van der Waals surface area contributed by atoms with Gasteiger partial charge < -0.3 is 25.6 Å². The predicted molar refractivity (Wildman–Crippen MR) is 230 cm³/mol. The lowest BCUT2D eigenvalue weighted by molar-refractivity contribution is -0.136. The predicted octanol–water partition coefficient (Wildman–Crippen LogP) is 4.69. The van der Waals surface area contributed by atoms with Gasteiger partial charge in [0, 0.05) is 64.1 Å². The summed E-state index contributed by atoms with van der Waals surface area (Å²) >= 11 is 6.47. The van der Waals surface area contributed by atoms with Crippen LogP contribution in [0.3, 0.4) is 0 Å². The number of nitrogens with zero attached hydrogens (tertiary/aromatic N) is 6. The first-order chi connectivity index (χ1) is 28.9. The highest BCUT2D eigenvalue weighted by atomic mass is 35.5. The van der Waals surface area contributed by atoms with Crippen LogP contribution in [0.1, 0.15) is 52.8 Å². The molecule has 3 aliphatic rings. The minimum atomic E-state index is -1.23. The Hall–Kier alpha value is -6.11. The first-order valence-electron chi connectivity index (χ1n) is 19.4. The molecular formula is C41H45ClN10O7S. The Balaban J connectivity index is 0.879. The lowest BCUT2D eigenvalue weighted by Crippen LogP contribution is -2.54. The van der Waals surface area contributed by atoms with Crippen molar-refractivity contribution in [2.75, 3.05) is 78.3 Å². The summed E-state index contributed by atoms with van der Waals surface area (Å²) in [5, 5.41) is 11.8. The van der Waals surface area contributed by atoms with Crippen molar-refractivity contribution >= 4 is 92.3 Å². The van der Waals surface area contributed by atoms with Crippen molar-refractivity contribution in [2.24, 2.45) is 0 Å². The molecule has 60 heavy (non-hydrogen) atoms. The van der Waals surface area contributed by atoms with E-state index in [1.54, 1.807) is 36.9 Å². The number of methoxy groups -OCH3 is 1. The van der Waals surface area contributed by atoms with Crippen LogP contribution in [0.25, 0.3) is 0 Å². The number of para-hydroxylation sites is 2. The fraction of sp³-hybridized carbons (Fsp3) is 0.341. The number of aromatic nitrogens is 2. The van der Waals surface area contributed by atoms with Crippen LogP contribution in [0, 0.1) is 0 Å². The minimum absolute atomic E-state index is 0.0239. The van der Waals surface area contributed by atoms with Crippen LogP contribution in [-0.4, -0.2) is 113 Å². The van der Waals surface area contributed by atoms with E-state index in [9.17, 15) is 28.2 Å². The number of amides is 5. The first-order valence-corrected chi connectivity index (χ1v) is 21.3. The molecule has 4 aromatic rings. The van der Waals surface area contributed by atoms with Crippen LogP contribution < -0.4 is 35.2 Å². The summed E-state index contributed by atoms with van der Waals surface area (Å²) in [4.78, 5) is 78.0. The number of hydrogen-bond acceptors (Lipinski definition) is 13. The molecule has 2 fully saturated rings. The molecule has 3 aromatic carbocycles. The average Bonchev–Trinajstić information content (AvgIpc) is 3.50. The molecule has 7 rings (SSSR count). The third kappa shape index (κ3) is 9.20. The zero-order valence-electron chi connectivity index (χ0n) is 33.3. The molecule has 0 bridgehead atoms. The lowest BCUT2D eigenvalue weighted by Gasteiger charge is -2.36. The molecule has 17 nitrogen and oxygen atoms in total. The largest absolute Gasteiger partial charge is 0.494 e. The normalized spacial score (nSPS) is 17.2. The van der Waals surface area contributed by atoms with E-state index < -0.39 is 40.7 Å². The minimum Gasteiger partial charge on any atom is -0.494 e. The second kappa shape index (κ2) is 18.4. The van der Waals surface area contributed by atoms with Gasteiger partial charge in [-0.1, -0.05) is 29.8 Å². The fourth-order valence-corrected chi connectivity index (χ4v) is 7.99. The summed E-state index contributed by atoms with van der Waals surface area (Å²) in [6, 6.07) is 16.9. The van der Waals surface area contributed by atoms with E-state index in [4.69, 9.17) is 16.3 Å². The van der Waals surface area contributed by atoms with E-state index in [2.05, 4.69) is 41.0 Å². The van der Waals surface area contributed by atoms with Gasteiger partial charge in [0.15, 0.2) is 5.82 Å². The molecule has 4 N–H and O–H groups in total. The number of piperidine rings is 1. The molecule has 2 saturated heterocycles. The molecule has 0 saturated carbocycles. The van der Waals surface area contributed by atoms with Crippen molar-refractivity contribution in [1.29, 1.82) is 0 Å². The van der Waals surface area contributed by atoms with Crippen LogP contribution in [0.2, 0.25) is 5.02 Å². The van der Waals surface area contributed by atoms with Gasteiger partial charge >= 0.3 is 0 Å². The van der Waals surface area contributed by atoms with Gasteiger partial charge in [-0.15, -0.1) is 0 Å². The van der Waals surface area contributed by atoms with Crippen LogP contribution in [0.5, 0.6) is 5.75 Å². The van der Waals surface area contributed by atoms with E-state index in [0.717, 1.165) is 55.4 Å². The number of halogens is 1. The molecule has 19 heteroatoms. The van der Waals surface area contributed by atoms with Crippen LogP contribution >= 0.6 is 11.6 Å². The van der Waals surface area contributed by atoms with Gasteiger partial charge in [-0.25, -0.2) is 9.19 Å². The second-order valence-electron chi connectivity index (χ2n) is 14.5. The Bertz CT molecular complexity index is 2360. The quantitative estimate of drug-likeness (QED) is 0.0950. The number of unbranched alkanes of at least 4 members (excludes halogenated alkanes) is 1. The van der Waals surface area contributed by atoms with E-state index in [1.165, 1.54) is 12.3 Å². The van der Waals surface area contributed by atoms with Gasteiger partial charge in [-0.05, 0) is 62.2 Å². The SMILES string of the molecule is COc1cc(N2CCN(CCCCC(=O)Nc3cccc4c3C(=O)N(C3CCC(=O)NC3=O)C4=O)CC2)ccc1Nc1ncc(Cl)c(Nc2ccccc2N(C)S(C)=O)n1. The van der Waals surface area contributed by atoms with E-state index in [0.29, 0.717) is 40.3 Å². The fourth-order valence-electron chi connectivity index (χ4n) is 7.42. The number of imide groups is 2. The van der Waals surface area contributed by atoms with Crippen LogP contribution in [0.15, 0.2) is 66.9 Å². The van der Waals surface area contributed by atoms with Gasteiger partial charge in [-0.3, -0.25) is 43.4 Å². The zero-order chi connectivity index (χ0) is 42.5. The Labute approximate surface area is 354 Å². The topological polar surface area (TPSA) is 199 Å². The molecule has 3 aliphatic heterocycles. The van der Waals surface area contributed by atoms with Gasteiger partial charge in [-0.2, -0.15) is 4.98 Å². The van der Waals surface area contributed by atoms with E-state index in [-0.39, 0.29) is 42.0 Å². The number of rotatable bonds is 15. The number of nitrogens with one attached hydrogen (secondary N) is 4. The van der Waals surface area contributed by atoms with Gasteiger partial charge in [0.05, 0.1) is 47.2 Å². The molecule has 0 radical (unpaired) electrons. The Morgan fingerprint density at radius 3 is 2.48 bits per heavy atom. The number of benzene rings is 3. The van der Waals surface area contributed by atoms with Gasteiger partial charge in [0.25, 0.3) is 11.8 Å². The monoisotopic (exact) mass is 856 g/mol. The van der Waals surface area contributed by atoms with Crippen LogP contribution in [0.4, 0.5) is 40.2 Å². The highest BCUT2D eigenvalue weighted by Crippen LogP contribution is 2.35. The highest BCUT2D eigenvalue weighted by molar-refractivity contribution is 7.85. The van der Waals surface area contributed by atoms with Crippen LogP contribution in [-0.2, 0) is 25.4 Å². The maximum Gasteiger partial charge on any atom is 0.264 e. The van der Waals surface area contributed by atoms with Crippen molar-refractivity contribution in [1.82, 2.24) is 25.1 Å². The third-order valence-corrected chi connectivity index (χ3v) is 11.9. The molecule has 4 heterocycles. The molecule has 314 valence electrons. The Kier molecular flexibility index (Phi) is 12.9. The summed E-state index contributed by atoms with van der Waals surface area (Å²) in [5.74, 6) is -1.41. The van der Waals surface area contributed by atoms with E-state index >= 15 is 0 Å². The van der Waals surface area contributed by atoms with Crippen molar-refractivity contribution < 1.29 is 32.9 Å². The zero-order valence-corrected chi connectivity index (χ0v) is 34.9. The number of carbonyl (C=O) groups is 5. The summed E-state index contributed by atoms with van der Waals surface area (Å²) < 4.78 is 19.6. The molecule has 1 aromatic heterocycles. The molecule has 2 unspecified atom stereocenters. The number of hydrogen-bond donors (Lipinski definition) is 4. The molecular weight excluding hydrogens is 812 g/mol. The molecule has 5 amide bonds. The van der Waals surface area contributed by atoms with Crippen molar-refractivity contribution in [3.63, 3.8) is 0 Å². The van der Waals surface area contributed by atoms with Crippen molar-refractivity contribution in [2.45, 2.75) is 38.1 Å². The Morgan fingerprint density at radius 2 is 1.73 bits per heavy atom. The van der Waals surface area contributed by atoms with Gasteiger partial charge in [0.2, 0.25) is 23.7 Å². The third-order valence-electron chi connectivity index (χ3n) is 10.7. The summed E-state index contributed by atoms with van der Waals surface area (Å²) in [7, 11) is 2.12. The Morgan fingerprint density at radius 1 is 0.967 bits per heavy atom. The summed E-state index contributed by atoms with van der Waals surface area (Å²) in [6.07, 6.45) is 4.83. The number of piperazine rings is 1.